The van der Waals surface area contributed by atoms with Crippen LogP contribution in [0.3, 0.4) is 0 Å². The first-order valence-corrected chi connectivity index (χ1v) is 44.6. The van der Waals surface area contributed by atoms with Crippen LogP contribution in [0.2, 0.25) is 0 Å². The molecular weight excluding hydrogens is 1610 g/mol. The molecule has 10 aromatic carbocycles. The number of rotatable bonds is 12. The van der Waals surface area contributed by atoms with Crippen molar-refractivity contribution >= 4 is 139 Å². The van der Waals surface area contributed by atoms with Gasteiger partial charge in [-0.2, -0.15) is 0 Å². The molecule has 0 unspecified atom stereocenters. The summed E-state index contributed by atoms with van der Waals surface area (Å²) in [6.45, 7) is 0. The van der Waals surface area contributed by atoms with Crippen LogP contribution in [-0.2, 0) is 0 Å². The molecule has 15 heterocycles. The topological polar surface area (TPSA) is 172 Å². The van der Waals surface area contributed by atoms with Crippen molar-refractivity contribution < 1.29 is 0 Å². The molecule has 132 heavy (non-hydrogen) atoms. The standard InChI is InChI=1S/C120H78N12/c1-9-29-73(30-10-1)109-85-49-53-89(121-85)111(75-33-13-3-14-34-75)93-57-65-101(125-93)117(102-66-58-94(126-102)112(76-35-15-4-16-36-76)90-54-50-86(109)122-90)81-45-25-27-47-83(81)119-105-69-61-97(129-105)115(79-41-21-7-22-42-79)99-63-71-107(131-99)120(108-72-64-100(132-108)116(80-43-23-8-24-44-80)98-62-70-106(119)130-98)84-48-28-26-46-82(84)118-103-67-59-95(127-103)113(77-37-17-5-18-38-77)91-55-51-87(123-91)110(74-31-11-2-12-32-74)88-52-56-92(124-88)114(78-39-19-6-20-40-78)96-60-68-104(118)128-96/h1-72,121,123,126,128-129,132H. The lowest BCUT2D eigenvalue weighted by atomic mass is 9.92. The molecule has 618 valence electrons. The number of aromatic amines is 6. The predicted molar refractivity (Wildman–Crippen MR) is 549 cm³/mol. The van der Waals surface area contributed by atoms with Crippen molar-refractivity contribution in [1.29, 1.82) is 0 Å². The Morgan fingerprint density at radius 3 is 0.341 bits per heavy atom. The van der Waals surface area contributed by atoms with E-state index >= 15 is 0 Å². The molecule has 0 aliphatic carbocycles. The molecule has 12 nitrogen and oxygen atoms in total. The monoisotopic (exact) mass is 1690 g/mol. The fraction of sp³-hybridized carbons (Fsp3) is 0. The van der Waals surface area contributed by atoms with E-state index in [1.54, 1.807) is 0 Å². The molecule has 0 atom stereocenters. The van der Waals surface area contributed by atoms with E-state index in [1.165, 1.54) is 0 Å². The quantitative estimate of drug-likeness (QED) is 0.0711. The summed E-state index contributed by atoms with van der Waals surface area (Å²) in [4.78, 5) is 59.2. The van der Waals surface area contributed by atoms with Crippen molar-refractivity contribution in [3.63, 3.8) is 0 Å². The summed E-state index contributed by atoms with van der Waals surface area (Å²) in [7, 11) is 0. The number of nitrogens with one attached hydrogen (secondary N) is 6. The molecule has 0 amide bonds. The third-order valence-corrected chi connectivity index (χ3v) is 25.7. The SMILES string of the molecule is C1=Cc2nc1c(-c1ccccc1)c1ccc([nH]1)c(-c1ccccc1)c1nc(c(-c3ccccc3-c3c4nc(c(-c5ccccc5)c5ccc([nH]5)c(-c5ccccc5-c5c6nc(c(-c7ccccc7)c7ccc([nH]7)c(-c7ccccc7)c7nc(c(-c8ccccc8)c8ccc5[nH]8)C=C7)C=C6)c5nc(c(-c6ccccc6)c6ccc3[nH]6)C=C5)C=C4)c3ccc([nH]3)c2-c2ccccc2)C=C1. The third-order valence-electron chi connectivity index (χ3n) is 25.7. The van der Waals surface area contributed by atoms with Gasteiger partial charge in [0.1, 0.15) is 0 Å². The maximum absolute atomic E-state index is 5.96. The van der Waals surface area contributed by atoms with Gasteiger partial charge < -0.3 is 29.9 Å². The average molecular weight is 1690 g/mol. The van der Waals surface area contributed by atoms with E-state index in [2.05, 4.69) is 467 Å². The van der Waals surface area contributed by atoms with Gasteiger partial charge in [-0.05, 0) is 212 Å². The van der Waals surface area contributed by atoms with Crippen LogP contribution in [0.1, 0.15) is 68.3 Å². The van der Waals surface area contributed by atoms with Crippen LogP contribution < -0.4 is 0 Å². The molecule has 0 saturated heterocycles. The van der Waals surface area contributed by atoms with Gasteiger partial charge in [-0.1, -0.05) is 291 Å². The highest BCUT2D eigenvalue weighted by atomic mass is 14.8. The van der Waals surface area contributed by atoms with Gasteiger partial charge in [0, 0.05) is 133 Å². The molecule has 0 radical (unpaired) electrons. The van der Waals surface area contributed by atoms with Crippen LogP contribution in [0.15, 0.2) is 364 Å². The Morgan fingerprint density at radius 1 is 0.106 bits per heavy atom. The van der Waals surface area contributed by atoms with Gasteiger partial charge in [0.2, 0.25) is 0 Å². The molecule has 0 fully saturated rings. The van der Waals surface area contributed by atoms with E-state index in [-0.39, 0.29) is 0 Å². The van der Waals surface area contributed by atoms with E-state index < -0.39 is 0 Å². The van der Waals surface area contributed by atoms with Gasteiger partial charge in [-0.25, -0.2) is 29.9 Å². The largest absolute Gasteiger partial charge is 0.354 e. The summed E-state index contributed by atoms with van der Waals surface area (Å²) in [5.41, 5.74) is 43.3. The highest BCUT2D eigenvalue weighted by Crippen LogP contribution is 2.49. The van der Waals surface area contributed by atoms with Gasteiger partial charge in [0.15, 0.2) is 0 Å². The molecule has 19 aromatic rings. The minimum Gasteiger partial charge on any atom is -0.354 e. The fourth-order valence-corrected chi connectivity index (χ4v) is 19.9. The number of nitrogens with zero attached hydrogens (tertiary/aromatic N) is 6. The number of hydrogen-bond donors (Lipinski definition) is 6. The molecule has 12 heteroatoms. The van der Waals surface area contributed by atoms with Crippen LogP contribution in [0.4, 0.5) is 0 Å². The van der Waals surface area contributed by atoms with Gasteiger partial charge in [0.05, 0.1) is 68.3 Å². The smallest absolute Gasteiger partial charge is 0.0737 e. The van der Waals surface area contributed by atoms with Crippen LogP contribution in [-0.4, -0.2) is 59.8 Å². The highest BCUT2D eigenvalue weighted by molar-refractivity contribution is 6.10. The maximum Gasteiger partial charge on any atom is 0.0737 e. The minimum atomic E-state index is 0.757. The fourth-order valence-electron chi connectivity index (χ4n) is 19.9. The second kappa shape index (κ2) is 32.1. The molecule has 0 saturated carbocycles. The van der Waals surface area contributed by atoms with Crippen molar-refractivity contribution in [3.8, 4) is 134 Å². The highest BCUT2D eigenvalue weighted by Gasteiger charge is 2.28. The van der Waals surface area contributed by atoms with E-state index in [0.717, 1.165) is 268 Å². The number of fused-ring (bicyclic) bond motifs is 24. The first-order valence-electron chi connectivity index (χ1n) is 44.6. The molecule has 9 aromatic heterocycles. The second-order valence-electron chi connectivity index (χ2n) is 33.5. The molecule has 6 N–H and O–H groups in total. The van der Waals surface area contributed by atoms with Gasteiger partial charge >= 0.3 is 0 Å². The van der Waals surface area contributed by atoms with Crippen molar-refractivity contribution in [2.24, 2.45) is 0 Å². The lowest BCUT2D eigenvalue weighted by Crippen LogP contribution is -1.94. The molecule has 0 spiro atoms. The van der Waals surface area contributed by atoms with E-state index in [1.807, 2.05) is 0 Å². The van der Waals surface area contributed by atoms with Gasteiger partial charge in [-0.15, -0.1) is 0 Å². The van der Waals surface area contributed by atoms with Gasteiger partial charge in [0.25, 0.3) is 0 Å². The van der Waals surface area contributed by atoms with Crippen LogP contribution in [0.25, 0.3) is 273 Å². The zero-order valence-corrected chi connectivity index (χ0v) is 71.3. The van der Waals surface area contributed by atoms with E-state index in [4.69, 9.17) is 29.9 Å². The van der Waals surface area contributed by atoms with Crippen molar-refractivity contribution in [1.82, 2.24) is 59.8 Å². The number of aromatic nitrogens is 12. The first-order chi connectivity index (χ1) is 65.4. The number of hydrogen-bond acceptors (Lipinski definition) is 6. The summed E-state index contributed by atoms with van der Waals surface area (Å²) in [5.74, 6) is 0. The molecular formula is C120H78N12. The molecule has 6 aliphatic rings. The normalized spacial score (nSPS) is 12.4. The van der Waals surface area contributed by atoms with Crippen LogP contribution in [0, 0.1) is 0 Å². The Balaban J connectivity index is 0.750. The van der Waals surface area contributed by atoms with E-state index in [0.29, 0.717) is 0 Å². The summed E-state index contributed by atoms with van der Waals surface area (Å²) in [6, 6.07) is 129. The summed E-state index contributed by atoms with van der Waals surface area (Å²) >= 11 is 0. The first kappa shape index (κ1) is 76.4. The van der Waals surface area contributed by atoms with Crippen molar-refractivity contribution in [2.75, 3.05) is 0 Å². The Hall–Kier alpha value is -18.0. The van der Waals surface area contributed by atoms with Crippen molar-refractivity contribution in [2.45, 2.75) is 0 Å². The Kier molecular flexibility index (Phi) is 18.6. The van der Waals surface area contributed by atoms with Crippen molar-refractivity contribution in [3.05, 3.63) is 432 Å². The van der Waals surface area contributed by atoms with Gasteiger partial charge in [-0.3, -0.25) is 0 Å². The maximum atomic E-state index is 5.96. The second-order valence-corrected chi connectivity index (χ2v) is 33.5. The number of H-pyrrole nitrogens is 6. The average Bonchev–Trinajstić information content (AvgIpc) is 1.60. The zero-order chi connectivity index (χ0) is 87.1. The lowest BCUT2D eigenvalue weighted by molar-refractivity contribution is 1.30. The zero-order valence-electron chi connectivity index (χ0n) is 71.3. The minimum absolute atomic E-state index is 0.757. The Bertz CT molecular complexity index is 8120. The summed E-state index contributed by atoms with van der Waals surface area (Å²) in [5, 5.41) is 0. The molecule has 25 rings (SSSR count). The summed E-state index contributed by atoms with van der Waals surface area (Å²) < 4.78 is 0. The number of benzene rings is 10. The lowest BCUT2D eigenvalue weighted by Gasteiger charge is -2.13. The Labute approximate surface area is 759 Å². The molecule has 24 bridgehead atoms. The van der Waals surface area contributed by atoms with E-state index in [9.17, 15) is 0 Å². The van der Waals surface area contributed by atoms with Crippen LogP contribution in [0.5, 0.6) is 0 Å². The molecule has 6 aliphatic heterocycles. The summed E-state index contributed by atoms with van der Waals surface area (Å²) in [6.07, 6.45) is 26.0. The Morgan fingerprint density at radius 2 is 0.212 bits per heavy atom. The predicted octanol–water partition coefficient (Wildman–Crippen LogP) is 30.6. The third kappa shape index (κ3) is 13.5. The van der Waals surface area contributed by atoms with Crippen LogP contribution >= 0.6 is 0 Å².